The van der Waals surface area contributed by atoms with Gasteiger partial charge in [-0.2, -0.15) is 0 Å². The molecular formula is C13H22. The second-order valence-corrected chi connectivity index (χ2v) is 2.79. The first-order valence-corrected chi connectivity index (χ1v) is 3.99. The molecule has 0 saturated heterocycles. The maximum Gasteiger partial charge on any atom is -0.0201 e. The van der Waals surface area contributed by atoms with Crippen molar-refractivity contribution in [3.05, 3.63) is 42.0 Å². The minimum absolute atomic E-state index is 0. The second-order valence-electron chi connectivity index (χ2n) is 2.79. The van der Waals surface area contributed by atoms with E-state index < -0.39 is 0 Å². The number of hydrogen-bond acceptors (Lipinski definition) is 0. The summed E-state index contributed by atoms with van der Waals surface area (Å²) in [6.07, 6.45) is 1.09. The molecule has 0 heterocycles. The SMILES string of the molecule is C.C.C=C(C)c1ccccc1CC. The van der Waals surface area contributed by atoms with Gasteiger partial charge in [-0.25, -0.2) is 0 Å². The Morgan fingerprint density at radius 1 is 1.23 bits per heavy atom. The van der Waals surface area contributed by atoms with Gasteiger partial charge in [-0.15, -0.1) is 0 Å². The molecular weight excluding hydrogens is 156 g/mol. The third kappa shape index (κ3) is 3.45. The monoisotopic (exact) mass is 178 g/mol. The van der Waals surface area contributed by atoms with Crippen molar-refractivity contribution in [2.45, 2.75) is 35.1 Å². The molecule has 0 N–H and O–H groups in total. The topological polar surface area (TPSA) is 0 Å². The van der Waals surface area contributed by atoms with E-state index in [0.717, 1.165) is 12.0 Å². The van der Waals surface area contributed by atoms with Gasteiger partial charge >= 0.3 is 0 Å². The molecule has 0 unspecified atom stereocenters. The standard InChI is InChI=1S/C11H14.2CH4/c1-4-10-7-5-6-8-11(10)9(2)3;;/h5-8H,2,4H2,1,3H3;2*1H4. The molecule has 1 aromatic carbocycles. The van der Waals surface area contributed by atoms with Crippen LogP contribution in [0.15, 0.2) is 30.8 Å². The van der Waals surface area contributed by atoms with Crippen molar-refractivity contribution in [1.29, 1.82) is 0 Å². The first kappa shape index (κ1) is 14.5. The summed E-state index contributed by atoms with van der Waals surface area (Å²) in [6.45, 7) is 8.15. The lowest BCUT2D eigenvalue weighted by atomic mass is 10.0. The molecule has 0 nitrogen and oxygen atoms in total. The molecule has 0 fully saturated rings. The van der Waals surface area contributed by atoms with Crippen LogP contribution >= 0.6 is 0 Å². The number of allylic oxidation sites excluding steroid dienone is 1. The Morgan fingerprint density at radius 3 is 2.15 bits per heavy atom. The largest absolute Gasteiger partial charge is 0.0955 e. The zero-order valence-corrected chi connectivity index (χ0v) is 7.22. The average Bonchev–Trinajstić information content (AvgIpc) is 2.04. The van der Waals surface area contributed by atoms with Crippen LogP contribution in [0.1, 0.15) is 39.8 Å². The van der Waals surface area contributed by atoms with E-state index in [-0.39, 0.29) is 14.9 Å². The zero-order valence-electron chi connectivity index (χ0n) is 7.22. The van der Waals surface area contributed by atoms with Gasteiger partial charge in [-0.1, -0.05) is 58.2 Å². The molecule has 0 spiro atoms. The van der Waals surface area contributed by atoms with Crippen molar-refractivity contribution in [3.8, 4) is 0 Å². The van der Waals surface area contributed by atoms with Crippen LogP contribution in [0.3, 0.4) is 0 Å². The molecule has 0 aliphatic carbocycles. The number of hydrogen-bond donors (Lipinski definition) is 0. The number of aryl methyl sites for hydroxylation is 1. The zero-order chi connectivity index (χ0) is 8.27. The van der Waals surface area contributed by atoms with Gasteiger partial charge in [0.1, 0.15) is 0 Å². The van der Waals surface area contributed by atoms with Crippen LogP contribution < -0.4 is 0 Å². The predicted molar refractivity (Wildman–Crippen MR) is 64.0 cm³/mol. The molecule has 74 valence electrons. The fraction of sp³-hybridized carbons (Fsp3) is 0.385. The molecule has 13 heavy (non-hydrogen) atoms. The highest BCUT2D eigenvalue weighted by molar-refractivity contribution is 5.64. The van der Waals surface area contributed by atoms with Crippen LogP contribution in [-0.4, -0.2) is 0 Å². The van der Waals surface area contributed by atoms with E-state index in [1.54, 1.807) is 0 Å². The maximum atomic E-state index is 3.93. The molecule has 0 saturated carbocycles. The van der Waals surface area contributed by atoms with Crippen molar-refractivity contribution >= 4 is 5.57 Å². The van der Waals surface area contributed by atoms with Crippen molar-refractivity contribution < 1.29 is 0 Å². The Balaban J connectivity index is 0. The first-order chi connectivity index (χ1) is 5.25. The van der Waals surface area contributed by atoms with E-state index in [1.165, 1.54) is 11.1 Å². The lowest BCUT2D eigenvalue weighted by molar-refractivity contribution is 1.13. The first-order valence-electron chi connectivity index (χ1n) is 3.99. The molecule has 0 aromatic heterocycles. The van der Waals surface area contributed by atoms with E-state index in [0.29, 0.717) is 0 Å². The molecule has 0 heteroatoms. The van der Waals surface area contributed by atoms with Crippen LogP contribution in [-0.2, 0) is 6.42 Å². The summed E-state index contributed by atoms with van der Waals surface area (Å²) in [5.41, 5.74) is 3.84. The predicted octanol–water partition coefficient (Wildman–Crippen LogP) is 4.55. The fourth-order valence-corrected chi connectivity index (χ4v) is 1.24. The third-order valence-electron chi connectivity index (χ3n) is 1.86. The highest BCUT2D eigenvalue weighted by Crippen LogP contribution is 2.16. The highest BCUT2D eigenvalue weighted by Gasteiger charge is 1.97. The Morgan fingerprint density at radius 2 is 1.77 bits per heavy atom. The van der Waals surface area contributed by atoms with E-state index in [1.807, 2.05) is 0 Å². The van der Waals surface area contributed by atoms with E-state index in [2.05, 4.69) is 44.7 Å². The minimum atomic E-state index is 0. The van der Waals surface area contributed by atoms with E-state index in [9.17, 15) is 0 Å². The minimum Gasteiger partial charge on any atom is -0.0955 e. The molecule has 0 radical (unpaired) electrons. The molecule has 0 aliphatic heterocycles. The molecule has 0 atom stereocenters. The number of benzene rings is 1. The second kappa shape index (κ2) is 6.47. The third-order valence-corrected chi connectivity index (χ3v) is 1.86. The summed E-state index contributed by atoms with van der Waals surface area (Å²) >= 11 is 0. The van der Waals surface area contributed by atoms with Crippen LogP contribution in [0.2, 0.25) is 0 Å². The normalized spacial score (nSPS) is 8.15. The smallest absolute Gasteiger partial charge is 0.0201 e. The van der Waals surface area contributed by atoms with Crippen molar-refractivity contribution in [2.24, 2.45) is 0 Å². The summed E-state index contributed by atoms with van der Waals surface area (Å²) in [4.78, 5) is 0. The van der Waals surface area contributed by atoms with Gasteiger partial charge in [0.15, 0.2) is 0 Å². The van der Waals surface area contributed by atoms with Crippen molar-refractivity contribution in [3.63, 3.8) is 0 Å². The summed E-state index contributed by atoms with van der Waals surface area (Å²) in [7, 11) is 0. The van der Waals surface area contributed by atoms with Gasteiger partial charge in [0.05, 0.1) is 0 Å². The maximum absolute atomic E-state index is 3.93. The van der Waals surface area contributed by atoms with Crippen LogP contribution in [0.5, 0.6) is 0 Å². The van der Waals surface area contributed by atoms with E-state index in [4.69, 9.17) is 0 Å². The molecule has 0 aliphatic rings. The molecule has 1 aromatic rings. The summed E-state index contributed by atoms with van der Waals surface area (Å²) in [6, 6.07) is 8.42. The Labute approximate surface area is 83.3 Å². The van der Waals surface area contributed by atoms with Crippen molar-refractivity contribution in [1.82, 2.24) is 0 Å². The Bertz CT molecular complexity index is 258. The van der Waals surface area contributed by atoms with Gasteiger partial charge in [0, 0.05) is 0 Å². The number of rotatable bonds is 2. The van der Waals surface area contributed by atoms with Crippen LogP contribution in [0.25, 0.3) is 5.57 Å². The lowest BCUT2D eigenvalue weighted by Crippen LogP contribution is -1.87. The highest BCUT2D eigenvalue weighted by atomic mass is 14.0. The molecule has 0 bridgehead atoms. The lowest BCUT2D eigenvalue weighted by Gasteiger charge is -2.05. The Kier molecular flexibility index (Phi) is 7.21. The van der Waals surface area contributed by atoms with Gasteiger partial charge in [-0.3, -0.25) is 0 Å². The fourth-order valence-electron chi connectivity index (χ4n) is 1.24. The van der Waals surface area contributed by atoms with E-state index >= 15 is 0 Å². The summed E-state index contributed by atoms with van der Waals surface area (Å²) < 4.78 is 0. The van der Waals surface area contributed by atoms with Gasteiger partial charge < -0.3 is 0 Å². The van der Waals surface area contributed by atoms with Gasteiger partial charge in [0.2, 0.25) is 0 Å². The summed E-state index contributed by atoms with van der Waals surface area (Å²) in [5.74, 6) is 0. The molecule has 0 amide bonds. The average molecular weight is 178 g/mol. The van der Waals surface area contributed by atoms with Gasteiger partial charge in [0.25, 0.3) is 0 Å². The van der Waals surface area contributed by atoms with Gasteiger partial charge in [-0.05, 0) is 24.5 Å². The molecule has 1 rings (SSSR count). The van der Waals surface area contributed by atoms with Crippen LogP contribution in [0.4, 0.5) is 0 Å². The summed E-state index contributed by atoms with van der Waals surface area (Å²) in [5, 5.41) is 0. The van der Waals surface area contributed by atoms with Crippen molar-refractivity contribution in [2.75, 3.05) is 0 Å². The Hall–Kier alpha value is -1.04. The van der Waals surface area contributed by atoms with Crippen LogP contribution in [0, 0.1) is 0 Å². The quantitative estimate of drug-likeness (QED) is 0.623.